The standard InChI is InChI=1S/C15H10ClNO3/c1-9-17-13-4-2-3-12(14(13)19-9)15(18)20-11-7-5-10(16)6-8-11/h2-8H,1H3. The number of hydrogen-bond acceptors (Lipinski definition) is 4. The summed E-state index contributed by atoms with van der Waals surface area (Å²) >= 11 is 5.78. The van der Waals surface area contributed by atoms with Crippen LogP contribution in [0.4, 0.5) is 0 Å². The Hall–Kier alpha value is -2.33. The molecule has 0 spiro atoms. The molecule has 0 saturated carbocycles. The van der Waals surface area contributed by atoms with Crippen LogP contribution >= 0.6 is 11.6 Å². The third-order valence-corrected chi connectivity index (χ3v) is 3.02. The lowest BCUT2D eigenvalue weighted by Crippen LogP contribution is -2.08. The summed E-state index contributed by atoms with van der Waals surface area (Å²) in [5, 5.41) is 0.581. The number of esters is 1. The summed E-state index contributed by atoms with van der Waals surface area (Å²) in [6.45, 7) is 1.73. The zero-order valence-electron chi connectivity index (χ0n) is 10.6. The monoisotopic (exact) mass is 287 g/mol. The summed E-state index contributed by atoms with van der Waals surface area (Å²) in [4.78, 5) is 16.4. The molecule has 20 heavy (non-hydrogen) atoms. The topological polar surface area (TPSA) is 52.3 Å². The van der Waals surface area contributed by atoms with Crippen LogP contribution in [0.25, 0.3) is 11.1 Å². The molecule has 3 aromatic rings. The first-order valence-corrected chi connectivity index (χ1v) is 6.35. The van der Waals surface area contributed by atoms with Crippen molar-refractivity contribution in [3.05, 3.63) is 58.9 Å². The van der Waals surface area contributed by atoms with Crippen molar-refractivity contribution in [2.75, 3.05) is 0 Å². The summed E-state index contributed by atoms with van der Waals surface area (Å²) in [7, 11) is 0. The first-order valence-electron chi connectivity index (χ1n) is 5.97. The van der Waals surface area contributed by atoms with E-state index < -0.39 is 5.97 Å². The fourth-order valence-electron chi connectivity index (χ4n) is 1.89. The van der Waals surface area contributed by atoms with E-state index in [1.165, 1.54) is 0 Å². The molecule has 0 aliphatic carbocycles. The van der Waals surface area contributed by atoms with Gasteiger partial charge in [-0.2, -0.15) is 0 Å². The fraction of sp³-hybridized carbons (Fsp3) is 0.0667. The molecule has 2 aromatic carbocycles. The van der Waals surface area contributed by atoms with Crippen LogP contribution in [0, 0.1) is 6.92 Å². The van der Waals surface area contributed by atoms with Crippen molar-refractivity contribution in [1.82, 2.24) is 4.98 Å². The molecule has 100 valence electrons. The molecule has 4 nitrogen and oxygen atoms in total. The van der Waals surface area contributed by atoms with E-state index in [0.717, 1.165) is 0 Å². The van der Waals surface area contributed by atoms with Crippen LogP contribution in [0.5, 0.6) is 5.75 Å². The lowest BCUT2D eigenvalue weighted by atomic mass is 10.2. The van der Waals surface area contributed by atoms with Crippen LogP contribution in [0.3, 0.4) is 0 Å². The zero-order chi connectivity index (χ0) is 14.1. The largest absolute Gasteiger partial charge is 0.440 e. The minimum Gasteiger partial charge on any atom is -0.440 e. The number of oxazole rings is 1. The highest BCUT2D eigenvalue weighted by molar-refractivity contribution is 6.30. The third-order valence-electron chi connectivity index (χ3n) is 2.77. The summed E-state index contributed by atoms with van der Waals surface area (Å²) in [6, 6.07) is 11.7. The van der Waals surface area contributed by atoms with Gasteiger partial charge >= 0.3 is 5.97 Å². The van der Waals surface area contributed by atoms with Crippen molar-refractivity contribution in [3.63, 3.8) is 0 Å². The van der Waals surface area contributed by atoms with E-state index in [0.29, 0.717) is 33.3 Å². The average Bonchev–Trinajstić information content (AvgIpc) is 2.81. The van der Waals surface area contributed by atoms with Crippen LogP contribution in [-0.4, -0.2) is 11.0 Å². The molecule has 0 atom stereocenters. The molecule has 5 heteroatoms. The second kappa shape index (κ2) is 4.98. The molecule has 0 N–H and O–H groups in total. The van der Waals surface area contributed by atoms with E-state index >= 15 is 0 Å². The lowest BCUT2D eigenvalue weighted by Gasteiger charge is -2.04. The van der Waals surface area contributed by atoms with Gasteiger partial charge in [-0.1, -0.05) is 17.7 Å². The molecule has 0 unspecified atom stereocenters. The Kier molecular flexibility index (Phi) is 3.16. The molecule has 0 bridgehead atoms. The third kappa shape index (κ3) is 2.38. The van der Waals surface area contributed by atoms with E-state index in [-0.39, 0.29) is 0 Å². The predicted octanol–water partition coefficient (Wildman–Crippen LogP) is 4.01. The van der Waals surface area contributed by atoms with Gasteiger partial charge in [0.2, 0.25) is 0 Å². The van der Waals surface area contributed by atoms with Gasteiger partial charge in [-0.3, -0.25) is 0 Å². The summed E-state index contributed by atoms with van der Waals surface area (Å²) in [5.41, 5.74) is 1.41. The van der Waals surface area contributed by atoms with Crippen LogP contribution < -0.4 is 4.74 Å². The van der Waals surface area contributed by atoms with Gasteiger partial charge in [-0.15, -0.1) is 0 Å². The normalized spacial score (nSPS) is 10.7. The number of fused-ring (bicyclic) bond motifs is 1. The fourth-order valence-corrected chi connectivity index (χ4v) is 2.01. The van der Waals surface area contributed by atoms with E-state index in [9.17, 15) is 4.79 Å². The Morgan fingerprint density at radius 1 is 1.20 bits per heavy atom. The Morgan fingerprint density at radius 3 is 2.70 bits per heavy atom. The molecule has 0 aliphatic rings. The Balaban J connectivity index is 1.94. The number of rotatable bonds is 2. The maximum atomic E-state index is 12.2. The van der Waals surface area contributed by atoms with Crippen LogP contribution in [0.1, 0.15) is 16.2 Å². The van der Waals surface area contributed by atoms with Crippen LogP contribution in [0.15, 0.2) is 46.9 Å². The second-order valence-electron chi connectivity index (χ2n) is 4.23. The number of carbonyl (C=O) groups excluding carboxylic acids is 1. The number of ether oxygens (including phenoxy) is 1. The molecular formula is C15H10ClNO3. The van der Waals surface area contributed by atoms with Crippen molar-refractivity contribution < 1.29 is 13.9 Å². The van der Waals surface area contributed by atoms with Crippen molar-refractivity contribution in [2.24, 2.45) is 0 Å². The SMILES string of the molecule is Cc1nc2cccc(C(=O)Oc3ccc(Cl)cc3)c2o1. The number of nitrogens with zero attached hydrogens (tertiary/aromatic N) is 1. The molecular weight excluding hydrogens is 278 g/mol. The highest BCUT2D eigenvalue weighted by Gasteiger charge is 2.16. The second-order valence-corrected chi connectivity index (χ2v) is 4.67. The first-order chi connectivity index (χ1) is 9.63. The van der Waals surface area contributed by atoms with Gasteiger partial charge in [-0.25, -0.2) is 9.78 Å². The minimum atomic E-state index is -0.492. The first kappa shape index (κ1) is 12.7. The van der Waals surface area contributed by atoms with Gasteiger partial charge in [0.1, 0.15) is 16.8 Å². The van der Waals surface area contributed by atoms with E-state index in [4.69, 9.17) is 20.8 Å². The van der Waals surface area contributed by atoms with Crippen LogP contribution in [-0.2, 0) is 0 Å². The smallest absolute Gasteiger partial charge is 0.347 e. The molecule has 0 amide bonds. The quantitative estimate of drug-likeness (QED) is 0.528. The van der Waals surface area contributed by atoms with E-state index in [1.807, 2.05) is 0 Å². The maximum absolute atomic E-state index is 12.2. The number of para-hydroxylation sites is 1. The highest BCUT2D eigenvalue weighted by atomic mass is 35.5. The van der Waals surface area contributed by atoms with Gasteiger partial charge in [0, 0.05) is 11.9 Å². The highest BCUT2D eigenvalue weighted by Crippen LogP contribution is 2.22. The Bertz CT molecular complexity index is 777. The number of hydrogen-bond donors (Lipinski definition) is 0. The number of benzene rings is 2. The molecule has 0 radical (unpaired) electrons. The summed E-state index contributed by atoms with van der Waals surface area (Å²) in [5.74, 6) is 0.438. The molecule has 1 heterocycles. The molecule has 0 fully saturated rings. The van der Waals surface area contributed by atoms with Crippen molar-refractivity contribution in [2.45, 2.75) is 6.92 Å². The number of carbonyl (C=O) groups is 1. The molecule has 1 aromatic heterocycles. The van der Waals surface area contributed by atoms with E-state index in [2.05, 4.69) is 4.98 Å². The van der Waals surface area contributed by atoms with Gasteiger partial charge < -0.3 is 9.15 Å². The Morgan fingerprint density at radius 2 is 1.95 bits per heavy atom. The van der Waals surface area contributed by atoms with Gasteiger partial charge in [0.05, 0.1) is 0 Å². The summed E-state index contributed by atoms with van der Waals surface area (Å²) < 4.78 is 10.7. The Labute approximate surface area is 119 Å². The predicted molar refractivity (Wildman–Crippen MR) is 75.2 cm³/mol. The molecule has 3 rings (SSSR count). The minimum absolute atomic E-state index is 0.345. The maximum Gasteiger partial charge on any atom is 0.347 e. The van der Waals surface area contributed by atoms with Crippen LogP contribution in [0.2, 0.25) is 5.02 Å². The number of aryl methyl sites for hydroxylation is 1. The summed E-state index contributed by atoms with van der Waals surface area (Å²) in [6.07, 6.45) is 0. The molecule has 0 aliphatic heterocycles. The lowest BCUT2D eigenvalue weighted by molar-refractivity contribution is 0.0735. The zero-order valence-corrected chi connectivity index (χ0v) is 11.3. The van der Waals surface area contributed by atoms with Gasteiger partial charge in [-0.05, 0) is 36.4 Å². The number of aromatic nitrogens is 1. The molecule has 0 saturated heterocycles. The van der Waals surface area contributed by atoms with Gasteiger partial charge in [0.15, 0.2) is 11.5 Å². The van der Waals surface area contributed by atoms with Crippen molar-refractivity contribution in [1.29, 1.82) is 0 Å². The average molecular weight is 288 g/mol. The van der Waals surface area contributed by atoms with Gasteiger partial charge in [0.25, 0.3) is 0 Å². The number of halogens is 1. The van der Waals surface area contributed by atoms with Crippen molar-refractivity contribution >= 4 is 28.7 Å². The van der Waals surface area contributed by atoms with E-state index in [1.54, 1.807) is 49.4 Å². The van der Waals surface area contributed by atoms with Crippen molar-refractivity contribution in [3.8, 4) is 5.75 Å².